The molecule has 0 aliphatic rings. The van der Waals surface area contributed by atoms with Crippen LogP contribution in [0.4, 0.5) is 13.2 Å². The van der Waals surface area contributed by atoms with E-state index >= 15 is 0 Å². The summed E-state index contributed by atoms with van der Waals surface area (Å²) in [6.07, 6.45) is -0.939. The fraction of sp³-hybridized carbons (Fsp3) is 0.440. The molecular weight excluding hydrogens is 467 g/mol. The minimum Gasteiger partial charge on any atom is -0.494 e. The van der Waals surface area contributed by atoms with Crippen LogP contribution in [0.1, 0.15) is 36.8 Å². The van der Waals surface area contributed by atoms with Crippen molar-refractivity contribution >= 4 is 11.9 Å². The number of rotatable bonds is 15. The van der Waals surface area contributed by atoms with E-state index in [4.69, 9.17) is 24.5 Å². The third kappa shape index (κ3) is 16.2. The number of hydrogen-bond acceptors (Lipinski definition) is 5. The summed E-state index contributed by atoms with van der Waals surface area (Å²) in [6.45, 7) is 3.42. The molecule has 2 aromatic carbocycles. The summed E-state index contributed by atoms with van der Waals surface area (Å²) in [5.74, 6) is -2.64. The molecule has 0 aromatic heterocycles. The molecule has 0 bridgehead atoms. The molecule has 194 valence electrons. The highest BCUT2D eigenvalue weighted by molar-refractivity contribution is 5.73. The van der Waals surface area contributed by atoms with Gasteiger partial charge in [0.1, 0.15) is 5.75 Å². The number of unbranched alkanes of at least 4 members (excludes halogenated alkanes) is 2. The predicted octanol–water partition coefficient (Wildman–Crippen LogP) is 4.69. The highest BCUT2D eigenvalue weighted by Gasteiger charge is 2.38. The largest absolute Gasteiger partial charge is 0.494 e. The third-order valence-electron chi connectivity index (χ3n) is 4.56. The number of carboxylic acids is 2. The van der Waals surface area contributed by atoms with Gasteiger partial charge >= 0.3 is 18.1 Å². The third-order valence-corrected chi connectivity index (χ3v) is 4.56. The van der Waals surface area contributed by atoms with Crippen molar-refractivity contribution in [2.75, 3.05) is 26.3 Å². The Morgan fingerprint density at radius 2 is 1.51 bits per heavy atom. The lowest BCUT2D eigenvalue weighted by Crippen LogP contribution is -2.21. The van der Waals surface area contributed by atoms with E-state index < -0.39 is 18.1 Å². The Morgan fingerprint density at radius 3 is 2.17 bits per heavy atom. The Hall–Kier alpha value is -3.11. The Balaban J connectivity index is 0.000000762. The summed E-state index contributed by atoms with van der Waals surface area (Å²) in [5.41, 5.74) is 2.40. The Bertz CT molecular complexity index is 862. The molecule has 0 heterocycles. The highest BCUT2D eigenvalue weighted by atomic mass is 19.4. The van der Waals surface area contributed by atoms with Gasteiger partial charge in [0.2, 0.25) is 0 Å². The van der Waals surface area contributed by atoms with Gasteiger partial charge in [-0.3, -0.25) is 4.79 Å². The molecule has 3 N–H and O–H groups in total. The second-order valence-corrected chi connectivity index (χ2v) is 7.54. The Morgan fingerprint density at radius 1 is 0.857 bits per heavy atom. The second-order valence-electron chi connectivity index (χ2n) is 7.54. The van der Waals surface area contributed by atoms with Crippen molar-refractivity contribution in [3.63, 3.8) is 0 Å². The van der Waals surface area contributed by atoms with Crippen molar-refractivity contribution in [1.29, 1.82) is 0 Å². The molecule has 10 heteroatoms. The van der Waals surface area contributed by atoms with E-state index in [1.54, 1.807) is 0 Å². The van der Waals surface area contributed by atoms with Crippen LogP contribution in [0.2, 0.25) is 0 Å². The molecule has 0 amide bonds. The second kappa shape index (κ2) is 17.3. The van der Waals surface area contributed by atoms with Crippen molar-refractivity contribution in [2.24, 2.45) is 0 Å². The van der Waals surface area contributed by atoms with Crippen molar-refractivity contribution < 1.29 is 42.4 Å². The molecule has 0 spiro atoms. The van der Waals surface area contributed by atoms with Gasteiger partial charge in [0.25, 0.3) is 0 Å². The van der Waals surface area contributed by atoms with Crippen LogP contribution in [0, 0.1) is 0 Å². The standard InChI is InChI=1S/C23H31NO4.C2HF3O2/c25-23(26)13-15-24-14-12-20-10-7-11-22(18-20)28-17-6-2-5-16-27-19-21-8-3-1-4-9-21;3-2(4,5)1(6)7/h1,3-4,7-11,18,24H,2,5-6,12-17,19H2,(H,25,26);(H,6,7). The van der Waals surface area contributed by atoms with Gasteiger partial charge in [0, 0.05) is 13.2 Å². The van der Waals surface area contributed by atoms with E-state index in [0.29, 0.717) is 19.8 Å². The van der Waals surface area contributed by atoms with Crippen LogP contribution in [-0.2, 0) is 27.4 Å². The topological polar surface area (TPSA) is 105 Å². The molecule has 0 radical (unpaired) electrons. The molecule has 0 saturated heterocycles. The minimum atomic E-state index is -5.08. The molecule has 7 nitrogen and oxygen atoms in total. The molecular formula is C25H32F3NO6. The molecule has 2 rings (SSSR count). The molecule has 0 aliphatic heterocycles. The summed E-state index contributed by atoms with van der Waals surface area (Å²) in [4.78, 5) is 19.4. The molecule has 2 aromatic rings. The minimum absolute atomic E-state index is 0.153. The Labute approximate surface area is 202 Å². The van der Waals surface area contributed by atoms with Gasteiger partial charge in [-0.15, -0.1) is 0 Å². The van der Waals surface area contributed by atoms with Crippen LogP contribution in [0.25, 0.3) is 0 Å². The van der Waals surface area contributed by atoms with Gasteiger partial charge in [-0.2, -0.15) is 13.2 Å². The fourth-order valence-electron chi connectivity index (χ4n) is 2.78. The summed E-state index contributed by atoms with van der Waals surface area (Å²) < 4.78 is 43.3. The van der Waals surface area contributed by atoms with E-state index in [1.165, 1.54) is 11.1 Å². The van der Waals surface area contributed by atoms with E-state index in [1.807, 2.05) is 30.3 Å². The first-order valence-corrected chi connectivity index (χ1v) is 11.2. The summed E-state index contributed by atoms with van der Waals surface area (Å²) >= 11 is 0. The van der Waals surface area contributed by atoms with E-state index in [9.17, 15) is 18.0 Å². The maximum absolute atomic E-state index is 10.6. The maximum atomic E-state index is 10.6. The zero-order valence-corrected chi connectivity index (χ0v) is 19.4. The van der Waals surface area contributed by atoms with Crippen molar-refractivity contribution in [3.8, 4) is 5.75 Å². The molecule has 0 saturated carbocycles. The lowest BCUT2D eigenvalue weighted by atomic mass is 10.1. The molecule has 0 unspecified atom stereocenters. The number of nitrogens with one attached hydrogen (secondary N) is 1. The molecule has 0 fully saturated rings. The van der Waals surface area contributed by atoms with Crippen molar-refractivity contribution in [2.45, 2.75) is 44.9 Å². The lowest BCUT2D eigenvalue weighted by molar-refractivity contribution is -0.192. The number of ether oxygens (including phenoxy) is 2. The van der Waals surface area contributed by atoms with Crippen LogP contribution in [-0.4, -0.2) is 54.6 Å². The van der Waals surface area contributed by atoms with Gasteiger partial charge in [0.05, 0.1) is 19.6 Å². The highest BCUT2D eigenvalue weighted by Crippen LogP contribution is 2.15. The summed E-state index contributed by atoms with van der Waals surface area (Å²) in [7, 11) is 0. The quantitative estimate of drug-likeness (QED) is 0.305. The normalized spacial score (nSPS) is 10.8. The van der Waals surface area contributed by atoms with Crippen LogP contribution in [0.5, 0.6) is 5.75 Å². The average Bonchev–Trinajstić information content (AvgIpc) is 2.81. The zero-order chi connectivity index (χ0) is 25.9. The van der Waals surface area contributed by atoms with E-state index in [2.05, 4.69) is 29.6 Å². The SMILES string of the molecule is O=C(O)C(F)(F)F.O=C(O)CCNCCc1cccc(OCCCCCOCc2ccccc2)c1. The van der Waals surface area contributed by atoms with E-state index in [-0.39, 0.29) is 6.42 Å². The first kappa shape index (κ1) is 29.9. The Kier molecular flexibility index (Phi) is 14.8. The monoisotopic (exact) mass is 499 g/mol. The molecule has 0 aliphatic carbocycles. The summed E-state index contributed by atoms with van der Waals surface area (Å²) in [6, 6.07) is 18.3. The van der Waals surface area contributed by atoms with Gasteiger partial charge in [-0.25, -0.2) is 4.79 Å². The predicted molar refractivity (Wildman–Crippen MR) is 124 cm³/mol. The van der Waals surface area contributed by atoms with Crippen LogP contribution >= 0.6 is 0 Å². The smallest absolute Gasteiger partial charge is 0.490 e. The average molecular weight is 500 g/mol. The van der Waals surface area contributed by atoms with E-state index in [0.717, 1.165) is 44.6 Å². The number of alkyl halides is 3. The number of hydrogen-bond donors (Lipinski definition) is 3. The van der Waals surface area contributed by atoms with Gasteiger partial charge in [0.15, 0.2) is 0 Å². The number of benzene rings is 2. The van der Waals surface area contributed by atoms with Gasteiger partial charge in [-0.1, -0.05) is 42.5 Å². The summed E-state index contributed by atoms with van der Waals surface area (Å²) in [5, 5.41) is 18.9. The number of aliphatic carboxylic acids is 2. The van der Waals surface area contributed by atoms with Crippen LogP contribution in [0.15, 0.2) is 54.6 Å². The van der Waals surface area contributed by atoms with Gasteiger partial charge in [-0.05, 0) is 55.5 Å². The number of halogens is 3. The number of carboxylic acid groups (broad SMARTS) is 2. The molecule has 0 atom stereocenters. The van der Waals surface area contributed by atoms with Crippen LogP contribution < -0.4 is 10.1 Å². The zero-order valence-electron chi connectivity index (χ0n) is 19.4. The fourth-order valence-corrected chi connectivity index (χ4v) is 2.78. The number of carbonyl (C=O) groups is 2. The first-order chi connectivity index (χ1) is 16.7. The maximum Gasteiger partial charge on any atom is 0.490 e. The van der Waals surface area contributed by atoms with Gasteiger partial charge < -0.3 is 25.0 Å². The first-order valence-electron chi connectivity index (χ1n) is 11.2. The van der Waals surface area contributed by atoms with Crippen molar-refractivity contribution in [1.82, 2.24) is 5.32 Å². The van der Waals surface area contributed by atoms with Crippen LogP contribution in [0.3, 0.4) is 0 Å². The lowest BCUT2D eigenvalue weighted by Gasteiger charge is -2.09. The van der Waals surface area contributed by atoms with Crippen molar-refractivity contribution in [3.05, 3.63) is 65.7 Å². The molecule has 35 heavy (non-hydrogen) atoms.